The molecule has 3 rings (SSSR count). The number of alkyl halides is 3. The second-order valence-corrected chi connectivity index (χ2v) is 5.64. The van der Waals surface area contributed by atoms with Crippen molar-refractivity contribution in [1.29, 1.82) is 0 Å². The Labute approximate surface area is 150 Å². The lowest BCUT2D eigenvalue weighted by Crippen LogP contribution is -2.34. The molecule has 1 atom stereocenters. The van der Waals surface area contributed by atoms with E-state index in [1.54, 1.807) is 19.1 Å². The zero-order valence-corrected chi connectivity index (χ0v) is 14.0. The van der Waals surface area contributed by atoms with Gasteiger partial charge in [0.1, 0.15) is 12.3 Å². The highest BCUT2D eigenvalue weighted by Crippen LogP contribution is 2.24. The second-order valence-electron chi connectivity index (χ2n) is 5.64. The predicted molar refractivity (Wildman–Crippen MR) is 86.9 cm³/mol. The van der Waals surface area contributed by atoms with Crippen molar-refractivity contribution in [3.63, 3.8) is 0 Å². The van der Waals surface area contributed by atoms with Crippen molar-refractivity contribution in [3.8, 4) is 5.75 Å². The van der Waals surface area contributed by atoms with Gasteiger partial charge in [0.2, 0.25) is 5.91 Å². The Kier molecular flexibility index (Phi) is 4.84. The van der Waals surface area contributed by atoms with Crippen LogP contribution < -0.4 is 15.7 Å². The molecule has 2 aromatic heterocycles. The van der Waals surface area contributed by atoms with Crippen LogP contribution in [0.15, 0.2) is 47.4 Å². The first-order valence-corrected chi connectivity index (χ1v) is 7.79. The number of hydrogen-bond acceptors (Lipinski definition) is 5. The number of nitrogens with one attached hydrogen (secondary N) is 1. The molecule has 0 radical (unpaired) electrons. The molecule has 8 nitrogen and oxygen atoms in total. The summed E-state index contributed by atoms with van der Waals surface area (Å²) in [5.41, 5.74) is 0.326. The van der Waals surface area contributed by atoms with E-state index < -0.39 is 24.0 Å². The van der Waals surface area contributed by atoms with Gasteiger partial charge in [0.05, 0.1) is 6.04 Å². The van der Waals surface area contributed by atoms with E-state index >= 15 is 0 Å². The van der Waals surface area contributed by atoms with Crippen LogP contribution >= 0.6 is 0 Å². The van der Waals surface area contributed by atoms with E-state index in [0.29, 0.717) is 11.2 Å². The number of nitrogens with zero attached hydrogens (tertiary/aromatic N) is 4. The van der Waals surface area contributed by atoms with Crippen LogP contribution in [0.25, 0.3) is 5.65 Å². The molecule has 1 aromatic carbocycles. The maximum Gasteiger partial charge on any atom is 0.573 e. The molecule has 3 aromatic rings. The van der Waals surface area contributed by atoms with Crippen LogP contribution in [0.1, 0.15) is 18.5 Å². The Morgan fingerprint density at radius 3 is 2.59 bits per heavy atom. The van der Waals surface area contributed by atoms with Gasteiger partial charge >= 0.3 is 12.1 Å². The summed E-state index contributed by atoms with van der Waals surface area (Å²) in [6.07, 6.45) is -3.34. The summed E-state index contributed by atoms with van der Waals surface area (Å²) >= 11 is 0. The smallest absolute Gasteiger partial charge is 0.406 e. The first kappa shape index (κ1) is 18.4. The molecular weight excluding hydrogens is 367 g/mol. The highest BCUT2D eigenvalue weighted by Gasteiger charge is 2.31. The van der Waals surface area contributed by atoms with E-state index in [9.17, 15) is 22.8 Å². The van der Waals surface area contributed by atoms with Gasteiger partial charge in [-0.25, -0.2) is 9.48 Å². The standard InChI is InChI=1S/C16H14F3N5O3/c1-10(11-4-6-12(7-5-11)27-16(17,18)19)21-14(25)9-23-15(26)24-13(22-23)3-2-8-20-24/h2-8,10H,9H2,1H3,(H,21,25)/t10-/m0/s1. The zero-order valence-electron chi connectivity index (χ0n) is 14.0. The lowest BCUT2D eigenvalue weighted by Gasteiger charge is -2.15. The molecule has 0 unspecified atom stereocenters. The summed E-state index contributed by atoms with van der Waals surface area (Å²) in [6.45, 7) is 1.34. The third-order valence-corrected chi connectivity index (χ3v) is 3.64. The molecule has 142 valence electrons. The zero-order chi connectivity index (χ0) is 19.6. The van der Waals surface area contributed by atoms with Gasteiger partial charge in [0, 0.05) is 6.20 Å². The van der Waals surface area contributed by atoms with E-state index in [1.165, 1.54) is 18.3 Å². The fourth-order valence-electron chi connectivity index (χ4n) is 2.43. The average molecular weight is 381 g/mol. The average Bonchev–Trinajstić information content (AvgIpc) is 2.90. The molecule has 0 aliphatic carbocycles. The first-order chi connectivity index (χ1) is 12.7. The van der Waals surface area contributed by atoms with E-state index in [-0.39, 0.29) is 12.3 Å². The van der Waals surface area contributed by atoms with E-state index in [0.717, 1.165) is 21.3 Å². The van der Waals surface area contributed by atoms with Gasteiger partial charge in [-0.05, 0) is 36.8 Å². The molecule has 0 aliphatic rings. The molecule has 0 saturated carbocycles. The van der Waals surface area contributed by atoms with Crippen molar-refractivity contribution in [3.05, 3.63) is 58.6 Å². The fourth-order valence-corrected chi connectivity index (χ4v) is 2.43. The molecular formula is C16H14F3N5O3. The van der Waals surface area contributed by atoms with Gasteiger partial charge < -0.3 is 10.1 Å². The Balaban J connectivity index is 1.65. The summed E-state index contributed by atoms with van der Waals surface area (Å²) in [7, 11) is 0. The van der Waals surface area contributed by atoms with Gasteiger partial charge in [-0.2, -0.15) is 9.61 Å². The largest absolute Gasteiger partial charge is 0.573 e. The number of carbonyl (C=O) groups is 1. The van der Waals surface area contributed by atoms with Gasteiger partial charge in [0.15, 0.2) is 5.65 Å². The summed E-state index contributed by atoms with van der Waals surface area (Å²) in [4.78, 5) is 24.3. The van der Waals surface area contributed by atoms with Crippen LogP contribution in [0.3, 0.4) is 0 Å². The number of halogens is 3. The third kappa shape index (κ3) is 4.43. The van der Waals surface area contributed by atoms with E-state index in [2.05, 4.69) is 20.3 Å². The minimum atomic E-state index is -4.77. The van der Waals surface area contributed by atoms with Crippen LogP contribution in [0.2, 0.25) is 0 Å². The summed E-state index contributed by atoms with van der Waals surface area (Å²) in [5, 5.41) is 10.5. The molecule has 0 saturated heterocycles. The van der Waals surface area contributed by atoms with Gasteiger partial charge in [0.25, 0.3) is 0 Å². The number of benzene rings is 1. The molecule has 1 N–H and O–H groups in total. The van der Waals surface area contributed by atoms with Crippen molar-refractivity contribution in [2.75, 3.05) is 0 Å². The lowest BCUT2D eigenvalue weighted by atomic mass is 10.1. The second kappa shape index (κ2) is 7.09. The lowest BCUT2D eigenvalue weighted by molar-refractivity contribution is -0.274. The normalized spacial score (nSPS) is 12.7. The van der Waals surface area contributed by atoms with Gasteiger partial charge in [-0.1, -0.05) is 12.1 Å². The number of aromatic nitrogens is 4. The molecule has 2 heterocycles. The minimum Gasteiger partial charge on any atom is -0.406 e. The maximum atomic E-state index is 12.2. The van der Waals surface area contributed by atoms with Gasteiger partial charge in [-0.15, -0.1) is 18.3 Å². The first-order valence-electron chi connectivity index (χ1n) is 7.79. The van der Waals surface area contributed by atoms with Crippen LogP contribution in [-0.4, -0.2) is 31.7 Å². The van der Waals surface area contributed by atoms with Crippen molar-refractivity contribution in [1.82, 2.24) is 24.7 Å². The SMILES string of the molecule is C[C@H](NC(=O)Cn1nc2cccnn2c1=O)c1ccc(OC(F)(F)F)cc1. The molecule has 0 bridgehead atoms. The number of carbonyl (C=O) groups excluding carboxylic acids is 1. The summed E-state index contributed by atoms with van der Waals surface area (Å²) < 4.78 is 42.3. The summed E-state index contributed by atoms with van der Waals surface area (Å²) in [5.74, 6) is -0.836. The highest BCUT2D eigenvalue weighted by atomic mass is 19.4. The Hall–Kier alpha value is -3.37. The predicted octanol–water partition coefficient (Wildman–Crippen LogP) is 1.67. The molecule has 0 fully saturated rings. The Bertz CT molecular complexity index is 1010. The fraction of sp³-hybridized carbons (Fsp3) is 0.250. The maximum absolute atomic E-state index is 12.2. The molecule has 27 heavy (non-hydrogen) atoms. The molecule has 1 amide bonds. The number of hydrogen-bond donors (Lipinski definition) is 1. The molecule has 11 heteroatoms. The van der Waals surface area contributed by atoms with Crippen molar-refractivity contribution < 1.29 is 22.7 Å². The number of rotatable bonds is 5. The van der Waals surface area contributed by atoms with Crippen molar-refractivity contribution in [2.24, 2.45) is 0 Å². The van der Waals surface area contributed by atoms with Crippen LogP contribution in [-0.2, 0) is 11.3 Å². The van der Waals surface area contributed by atoms with Crippen LogP contribution in [0, 0.1) is 0 Å². The number of fused-ring (bicyclic) bond motifs is 1. The molecule has 0 aliphatic heterocycles. The highest BCUT2D eigenvalue weighted by molar-refractivity contribution is 5.76. The third-order valence-electron chi connectivity index (χ3n) is 3.64. The Morgan fingerprint density at radius 2 is 1.96 bits per heavy atom. The summed E-state index contributed by atoms with van der Waals surface area (Å²) in [6, 6.07) is 7.83. The topological polar surface area (TPSA) is 90.5 Å². The van der Waals surface area contributed by atoms with Crippen molar-refractivity contribution >= 4 is 11.6 Å². The quantitative estimate of drug-likeness (QED) is 0.726. The van der Waals surface area contributed by atoms with E-state index in [1.807, 2.05) is 0 Å². The van der Waals surface area contributed by atoms with Crippen molar-refractivity contribution in [2.45, 2.75) is 25.9 Å². The monoisotopic (exact) mass is 381 g/mol. The minimum absolute atomic E-state index is 0.309. The van der Waals surface area contributed by atoms with Crippen LogP contribution in [0.4, 0.5) is 13.2 Å². The molecule has 0 spiro atoms. The van der Waals surface area contributed by atoms with E-state index in [4.69, 9.17) is 0 Å². The van der Waals surface area contributed by atoms with Gasteiger partial charge in [-0.3, -0.25) is 4.79 Å². The number of ether oxygens (including phenoxy) is 1. The number of amides is 1. The Morgan fingerprint density at radius 1 is 1.26 bits per heavy atom. The van der Waals surface area contributed by atoms with Crippen LogP contribution in [0.5, 0.6) is 5.75 Å².